The fraction of sp³-hybridized carbons (Fsp3) is 0.647. The predicted octanol–water partition coefficient (Wildman–Crippen LogP) is 4.43. The Kier molecular flexibility index (Phi) is 7.38. The number of likely N-dealkylation sites (tertiary alicyclic amines) is 1. The van der Waals surface area contributed by atoms with Crippen molar-refractivity contribution in [3.05, 3.63) is 29.3 Å². The van der Waals surface area contributed by atoms with Crippen LogP contribution in [-0.2, 0) is 4.74 Å². The SMILES string of the molecule is C[C@@H]1C[C@@H](C)CN(CCOCCSc2ccc(Cl)cc2)C1. The Bertz CT molecular complexity index is 402. The van der Waals surface area contributed by atoms with E-state index in [9.17, 15) is 0 Å². The first kappa shape index (κ1) is 17.1. The minimum absolute atomic E-state index is 0.792. The summed E-state index contributed by atoms with van der Waals surface area (Å²) < 4.78 is 5.76. The molecule has 2 nitrogen and oxygen atoms in total. The minimum atomic E-state index is 0.792. The number of ether oxygens (including phenoxy) is 1. The highest BCUT2D eigenvalue weighted by Gasteiger charge is 2.20. The van der Waals surface area contributed by atoms with E-state index in [1.165, 1.54) is 24.4 Å². The lowest BCUT2D eigenvalue weighted by Crippen LogP contribution is -2.40. The summed E-state index contributed by atoms with van der Waals surface area (Å²) in [5.74, 6) is 2.65. The van der Waals surface area contributed by atoms with Gasteiger partial charge in [-0.1, -0.05) is 25.4 Å². The Morgan fingerprint density at radius 2 is 1.81 bits per heavy atom. The molecule has 1 aromatic carbocycles. The summed E-state index contributed by atoms with van der Waals surface area (Å²) in [5, 5.41) is 0.792. The van der Waals surface area contributed by atoms with Gasteiger partial charge < -0.3 is 9.64 Å². The molecule has 2 atom stereocenters. The molecular formula is C17H26ClNOS. The van der Waals surface area contributed by atoms with Gasteiger partial charge in [-0.2, -0.15) is 0 Å². The van der Waals surface area contributed by atoms with Gasteiger partial charge in [-0.15, -0.1) is 11.8 Å². The van der Waals surface area contributed by atoms with Gasteiger partial charge in [0.05, 0.1) is 13.2 Å². The summed E-state index contributed by atoms with van der Waals surface area (Å²) in [6.07, 6.45) is 1.37. The monoisotopic (exact) mass is 327 g/mol. The van der Waals surface area contributed by atoms with Gasteiger partial charge in [-0.3, -0.25) is 0 Å². The van der Waals surface area contributed by atoms with E-state index in [1.54, 1.807) is 0 Å². The van der Waals surface area contributed by atoms with Crippen molar-refractivity contribution in [3.63, 3.8) is 0 Å². The number of nitrogens with zero attached hydrogens (tertiary/aromatic N) is 1. The first-order chi connectivity index (χ1) is 10.1. The average molecular weight is 328 g/mol. The van der Waals surface area contributed by atoms with Gasteiger partial charge in [0.15, 0.2) is 0 Å². The molecule has 0 bridgehead atoms. The van der Waals surface area contributed by atoms with E-state index in [-0.39, 0.29) is 0 Å². The molecule has 1 aromatic rings. The van der Waals surface area contributed by atoms with Crippen LogP contribution < -0.4 is 0 Å². The third-order valence-corrected chi connectivity index (χ3v) is 5.03. The quantitative estimate of drug-likeness (QED) is 0.543. The van der Waals surface area contributed by atoms with Gasteiger partial charge in [0.1, 0.15) is 0 Å². The molecule has 1 saturated heterocycles. The van der Waals surface area contributed by atoms with Crippen molar-refractivity contribution in [2.75, 3.05) is 38.6 Å². The molecule has 0 aliphatic carbocycles. The summed E-state index contributed by atoms with van der Waals surface area (Å²) in [6.45, 7) is 9.89. The van der Waals surface area contributed by atoms with Crippen molar-refractivity contribution in [1.29, 1.82) is 0 Å². The van der Waals surface area contributed by atoms with Gasteiger partial charge in [0, 0.05) is 35.3 Å². The third kappa shape index (κ3) is 6.60. The standard InChI is InChI=1S/C17H26ClNOS/c1-14-11-15(2)13-19(12-14)7-8-20-9-10-21-17-5-3-16(18)4-6-17/h3-6,14-15H,7-13H2,1-2H3/t14-,15-/m1/s1. The number of hydrogen-bond donors (Lipinski definition) is 0. The smallest absolute Gasteiger partial charge is 0.0593 e. The van der Waals surface area contributed by atoms with Crippen LogP contribution in [0.3, 0.4) is 0 Å². The topological polar surface area (TPSA) is 12.5 Å². The van der Waals surface area contributed by atoms with Crippen molar-refractivity contribution in [2.24, 2.45) is 11.8 Å². The van der Waals surface area contributed by atoms with E-state index in [4.69, 9.17) is 16.3 Å². The van der Waals surface area contributed by atoms with E-state index in [1.807, 2.05) is 23.9 Å². The summed E-state index contributed by atoms with van der Waals surface area (Å²) in [5.41, 5.74) is 0. The molecule has 1 fully saturated rings. The first-order valence-electron chi connectivity index (χ1n) is 7.82. The van der Waals surface area contributed by atoms with Gasteiger partial charge in [-0.25, -0.2) is 0 Å². The lowest BCUT2D eigenvalue weighted by Gasteiger charge is -2.34. The fourth-order valence-electron chi connectivity index (χ4n) is 3.02. The predicted molar refractivity (Wildman–Crippen MR) is 92.4 cm³/mol. The molecule has 0 radical (unpaired) electrons. The molecule has 0 unspecified atom stereocenters. The lowest BCUT2D eigenvalue weighted by molar-refractivity contribution is 0.0803. The average Bonchev–Trinajstić information content (AvgIpc) is 2.43. The summed E-state index contributed by atoms with van der Waals surface area (Å²) >= 11 is 7.69. The molecule has 1 aliphatic heterocycles. The van der Waals surface area contributed by atoms with E-state index >= 15 is 0 Å². The van der Waals surface area contributed by atoms with E-state index in [0.717, 1.165) is 42.4 Å². The van der Waals surface area contributed by atoms with E-state index < -0.39 is 0 Å². The number of benzene rings is 1. The normalized spacial score (nSPS) is 23.4. The van der Waals surface area contributed by atoms with Gasteiger partial charge in [-0.05, 0) is 42.5 Å². The van der Waals surface area contributed by atoms with Crippen LogP contribution in [0.2, 0.25) is 5.02 Å². The molecule has 0 N–H and O–H groups in total. The van der Waals surface area contributed by atoms with Crippen LogP contribution in [0.5, 0.6) is 0 Å². The summed E-state index contributed by atoms with van der Waals surface area (Å²) in [7, 11) is 0. The molecule has 4 heteroatoms. The molecule has 118 valence electrons. The molecule has 1 aliphatic rings. The molecule has 21 heavy (non-hydrogen) atoms. The summed E-state index contributed by atoms with van der Waals surface area (Å²) in [6, 6.07) is 7.99. The fourth-order valence-corrected chi connectivity index (χ4v) is 3.91. The maximum Gasteiger partial charge on any atom is 0.0593 e. The van der Waals surface area contributed by atoms with Gasteiger partial charge in [0.25, 0.3) is 0 Å². The van der Waals surface area contributed by atoms with Crippen LogP contribution in [0.4, 0.5) is 0 Å². The van der Waals surface area contributed by atoms with Crippen molar-refractivity contribution in [2.45, 2.75) is 25.2 Å². The zero-order valence-electron chi connectivity index (χ0n) is 13.1. The van der Waals surface area contributed by atoms with Gasteiger partial charge >= 0.3 is 0 Å². The van der Waals surface area contributed by atoms with Crippen molar-refractivity contribution < 1.29 is 4.74 Å². The zero-order valence-corrected chi connectivity index (χ0v) is 14.6. The number of piperidine rings is 1. The molecular weight excluding hydrogens is 302 g/mol. The van der Waals surface area contributed by atoms with E-state index in [2.05, 4.69) is 30.9 Å². The molecule has 0 amide bonds. The largest absolute Gasteiger partial charge is 0.379 e. The maximum atomic E-state index is 5.87. The number of thioether (sulfide) groups is 1. The Labute approximate surface area is 138 Å². The van der Waals surface area contributed by atoms with Crippen LogP contribution in [0.1, 0.15) is 20.3 Å². The highest BCUT2D eigenvalue weighted by atomic mass is 35.5. The van der Waals surface area contributed by atoms with Crippen LogP contribution in [0.15, 0.2) is 29.2 Å². The molecule has 1 heterocycles. The van der Waals surface area contributed by atoms with Gasteiger partial charge in [0.2, 0.25) is 0 Å². The maximum absolute atomic E-state index is 5.87. The Hall–Kier alpha value is -0.220. The van der Waals surface area contributed by atoms with Crippen LogP contribution >= 0.6 is 23.4 Å². The van der Waals surface area contributed by atoms with E-state index in [0.29, 0.717) is 0 Å². The highest BCUT2D eigenvalue weighted by molar-refractivity contribution is 7.99. The Balaban J connectivity index is 1.53. The van der Waals surface area contributed by atoms with Crippen LogP contribution in [0.25, 0.3) is 0 Å². The highest BCUT2D eigenvalue weighted by Crippen LogP contribution is 2.21. The molecule has 0 aromatic heterocycles. The van der Waals surface area contributed by atoms with Crippen molar-refractivity contribution in [1.82, 2.24) is 4.90 Å². The minimum Gasteiger partial charge on any atom is -0.379 e. The lowest BCUT2D eigenvalue weighted by atomic mass is 9.92. The Morgan fingerprint density at radius 1 is 1.14 bits per heavy atom. The third-order valence-electron chi connectivity index (χ3n) is 3.81. The van der Waals surface area contributed by atoms with Crippen LogP contribution in [0, 0.1) is 11.8 Å². The first-order valence-corrected chi connectivity index (χ1v) is 9.18. The number of hydrogen-bond acceptors (Lipinski definition) is 3. The van der Waals surface area contributed by atoms with Crippen molar-refractivity contribution >= 4 is 23.4 Å². The molecule has 0 spiro atoms. The van der Waals surface area contributed by atoms with Crippen molar-refractivity contribution in [3.8, 4) is 0 Å². The Morgan fingerprint density at radius 3 is 2.48 bits per heavy atom. The molecule has 0 saturated carbocycles. The second-order valence-electron chi connectivity index (χ2n) is 6.12. The second-order valence-corrected chi connectivity index (χ2v) is 7.73. The van der Waals surface area contributed by atoms with Crippen LogP contribution in [-0.4, -0.2) is 43.5 Å². The second kappa shape index (κ2) is 9.04. The summed E-state index contributed by atoms with van der Waals surface area (Å²) in [4.78, 5) is 3.80. The molecule has 2 rings (SSSR count). The zero-order chi connectivity index (χ0) is 15.1. The number of rotatable bonds is 7. The number of halogens is 1.